The Labute approximate surface area is 284 Å². The number of hydrogen-bond donors (Lipinski definition) is 3. The number of nitrogens with zero attached hydrogens (tertiary/aromatic N) is 3. The number of aromatic nitrogens is 3. The third-order valence-corrected chi connectivity index (χ3v) is 12.6. The molecular formula is C29H44ClN4O12PS. The third-order valence-electron chi connectivity index (χ3n) is 7.73. The van der Waals surface area contributed by atoms with Crippen molar-refractivity contribution in [1.29, 1.82) is 0 Å². The van der Waals surface area contributed by atoms with Crippen LogP contribution in [0, 0.1) is 10.8 Å². The highest BCUT2D eigenvalue weighted by atomic mass is 35.5. The largest absolute Gasteiger partial charge is 0.438 e. The number of ether oxygens (including phenoxy) is 3. The summed E-state index contributed by atoms with van der Waals surface area (Å²) < 4.78 is 67.8. The number of carbonyl (C=O) groups is 2. The van der Waals surface area contributed by atoms with Crippen molar-refractivity contribution in [2.45, 2.75) is 97.8 Å². The van der Waals surface area contributed by atoms with Crippen molar-refractivity contribution < 1.29 is 56.0 Å². The van der Waals surface area contributed by atoms with Crippen molar-refractivity contribution in [2.24, 2.45) is 10.8 Å². The van der Waals surface area contributed by atoms with E-state index in [0.717, 1.165) is 25.7 Å². The van der Waals surface area contributed by atoms with Crippen LogP contribution in [-0.2, 0) is 47.2 Å². The second-order valence-corrected chi connectivity index (χ2v) is 18.9. The van der Waals surface area contributed by atoms with E-state index in [0.29, 0.717) is 11.2 Å². The summed E-state index contributed by atoms with van der Waals surface area (Å²) in [5.41, 5.74) is -2.84. The van der Waals surface area contributed by atoms with Crippen LogP contribution in [-0.4, -0.2) is 94.3 Å². The molecule has 2 aromatic heterocycles. The Morgan fingerprint density at radius 3 is 2.12 bits per heavy atom. The fraction of sp³-hybridized carbons (Fsp3) is 0.724. The first-order chi connectivity index (χ1) is 22.2. The number of aliphatic hydroxyl groups is 2. The highest BCUT2D eigenvalue weighted by Crippen LogP contribution is 2.50. The van der Waals surface area contributed by atoms with Crippen LogP contribution in [0.2, 0.25) is 5.28 Å². The Hall–Kier alpha value is -2.37. The molecule has 48 heavy (non-hydrogen) atoms. The van der Waals surface area contributed by atoms with Gasteiger partial charge in [0, 0.05) is 12.2 Å². The third kappa shape index (κ3) is 9.65. The van der Waals surface area contributed by atoms with Crippen LogP contribution >= 0.6 is 19.2 Å². The zero-order valence-corrected chi connectivity index (χ0v) is 30.2. The van der Waals surface area contributed by atoms with Gasteiger partial charge in [0.15, 0.2) is 21.6 Å². The van der Waals surface area contributed by atoms with E-state index in [1.807, 2.05) is 0 Å². The normalized spacial score (nSPS) is 22.7. The van der Waals surface area contributed by atoms with E-state index in [-0.39, 0.29) is 17.0 Å². The lowest BCUT2D eigenvalue weighted by Crippen LogP contribution is -2.36. The Bertz CT molecular complexity index is 1600. The maximum Gasteiger partial charge on any atom is 0.351 e. The van der Waals surface area contributed by atoms with Gasteiger partial charge in [0.25, 0.3) is 0 Å². The Morgan fingerprint density at radius 2 is 1.58 bits per heavy atom. The standard InChI is InChI=1S/C29H44ClN4O12PS/c1-28(2,3)25(37)42-14-44-47(39,45-15-43-26(38)29(4,5)6)16-48(40,41)13-19-20(35)21(36)24(46-19)34-12-11-18-22(31-17-9-7-8-10-17)32-27(30)33-23(18)34/h11-12,17,19-21,24,35-36H,7-10,13-16H2,1-6H3,(H,31,32,33)/t19?,20-,21-,24-/m1/s1. The molecule has 270 valence electrons. The van der Waals surface area contributed by atoms with Gasteiger partial charge in [-0.25, -0.2) is 13.4 Å². The molecule has 1 aliphatic heterocycles. The van der Waals surface area contributed by atoms with E-state index in [2.05, 4.69) is 15.3 Å². The number of anilines is 1. The lowest BCUT2D eigenvalue weighted by atomic mass is 9.98. The smallest absolute Gasteiger partial charge is 0.351 e. The van der Waals surface area contributed by atoms with Crippen molar-refractivity contribution in [3.8, 4) is 0 Å². The minimum Gasteiger partial charge on any atom is -0.438 e. The molecule has 2 fully saturated rings. The summed E-state index contributed by atoms with van der Waals surface area (Å²) in [7, 11) is -9.11. The van der Waals surface area contributed by atoms with Crippen LogP contribution in [0.3, 0.4) is 0 Å². The molecule has 1 saturated carbocycles. The van der Waals surface area contributed by atoms with Crippen LogP contribution < -0.4 is 5.32 Å². The summed E-state index contributed by atoms with van der Waals surface area (Å²) in [5, 5.41) is 25.7. The number of nitrogens with one attached hydrogen (secondary N) is 1. The van der Waals surface area contributed by atoms with Gasteiger partial charge in [0.05, 0.1) is 22.0 Å². The van der Waals surface area contributed by atoms with Gasteiger partial charge in [-0.05, 0) is 72.1 Å². The minimum absolute atomic E-state index is 0.0628. The quantitative estimate of drug-likeness (QED) is 0.115. The molecule has 4 rings (SSSR count). The maximum atomic E-state index is 13.6. The highest BCUT2D eigenvalue weighted by molar-refractivity contribution is 7.97. The summed E-state index contributed by atoms with van der Waals surface area (Å²) in [6, 6.07) is 1.91. The number of aliphatic hydroxyl groups excluding tert-OH is 2. The van der Waals surface area contributed by atoms with Gasteiger partial charge in [-0.1, -0.05) is 12.8 Å². The monoisotopic (exact) mass is 738 g/mol. The van der Waals surface area contributed by atoms with Crippen LogP contribution in [0.25, 0.3) is 11.0 Å². The van der Waals surface area contributed by atoms with Gasteiger partial charge in [0.2, 0.25) is 18.9 Å². The molecular weight excluding hydrogens is 695 g/mol. The number of halogens is 1. The minimum atomic E-state index is -4.66. The van der Waals surface area contributed by atoms with Crippen molar-refractivity contribution in [2.75, 3.05) is 30.1 Å². The lowest BCUT2D eigenvalue weighted by molar-refractivity contribution is -0.161. The average Bonchev–Trinajstić information content (AvgIpc) is 3.68. The van der Waals surface area contributed by atoms with Crippen LogP contribution in [0.4, 0.5) is 5.82 Å². The fourth-order valence-electron chi connectivity index (χ4n) is 5.09. The summed E-state index contributed by atoms with van der Waals surface area (Å²) >= 11 is 6.23. The van der Waals surface area contributed by atoms with E-state index in [9.17, 15) is 32.8 Å². The predicted octanol–water partition coefficient (Wildman–Crippen LogP) is 3.75. The summed E-state index contributed by atoms with van der Waals surface area (Å²) in [6.45, 7) is 7.59. The van der Waals surface area contributed by atoms with E-state index in [1.165, 1.54) is 4.57 Å². The van der Waals surface area contributed by atoms with Gasteiger partial charge in [-0.15, -0.1) is 0 Å². The Kier molecular flexibility index (Phi) is 11.9. The van der Waals surface area contributed by atoms with Crippen LogP contribution in [0.1, 0.15) is 73.5 Å². The van der Waals surface area contributed by atoms with Gasteiger partial charge in [-0.2, -0.15) is 4.98 Å². The zero-order chi connectivity index (χ0) is 35.7. The summed E-state index contributed by atoms with van der Waals surface area (Å²) in [5.74, 6) is -1.85. The van der Waals surface area contributed by atoms with Gasteiger partial charge in [-0.3, -0.25) is 23.2 Å². The Morgan fingerprint density at radius 1 is 1.02 bits per heavy atom. The molecule has 1 unspecified atom stereocenters. The number of hydrogen-bond acceptors (Lipinski definition) is 15. The van der Waals surface area contributed by atoms with E-state index in [1.54, 1.807) is 53.8 Å². The molecule has 1 aliphatic carbocycles. The number of rotatable bonds is 13. The maximum absolute atomic E-state index is 13.6. The second-order valence-electron chi connectivity index (χ2n) is 14.0. The van der Waals surface area contributed by atoms with Gasteiger partial charge < -0.3 is 34.3 Å². The first-order valence-corrected chi connectivity index (χ1v) is 19.4. The molecule has 0 spiro atoms. The number of sulfone groups is 1. The van der Waals surface area contributed by atoms with Gasteiger partial charge >= 0.3 is 19.5 Å². The summed E-state index contributed by atoms with van der Waals surface area (Å²) in [4.78, 5) is 32.9. The number of carbonyl (C=O) groups excluding carboxylic acids is 2. The number of esters is 2. The first kappa shape index (κ1) is 38.4. The SMILES string of the molecule is CC(C)(C)C(=O)OCOP(=O)(CS(=O)(=O)CC1O[C@@H](n2ccc3c(NC4CCCC4)nc(Cl)nc32)[C@H](O)[C@@H]1O)OCOC(=O)C(C)(C)C. The molecule has 3 heterocycles. The topological polar surface area (TPSA) is 215 Å². The molecule has 4 atom stereocenters. The second kappa shape index (κ2) is 14.9. The molecule has 1 saturated heterocycles. The molecule has 2 aromatic rings. The van der Waals surface area contributed by atoms with Crippen LogP contribution in [0.15, 0.2) is 12.3 Å². The molecule has 3 N–H and O–H groups in total. The molecule has 0 radical (unpaired) electrons. The molecule has 0 bridgehead atoms. The average molecular weight is 739 g/mol. The highest BCUT2D eigenvalue weighted by Gasteiger charge is 2.47. The van der Waals surface area contributed by atoms with Gasteiger partial charge in [0.1, 0.15) is 29.8 Å². The van der Waals surface area contributed by atoms with Crippen molar-refractivity contribution >= 4 is 57.8 Å². The lowest BCUT2D eigenvalue weighted by Gasteiger charge is -2.22. The van der Waals surface area contributed by atoms with Crippen molar-refractivity contribution in [3.63, 3.8) is 0 Å². The zero-order valence-electron chi connectivity index (χ0n) is 27.8. The van der Waals surface area contributed by atoms with Crippen molar-refractivity contribution in [1.82, 2.24) is 14.5 Å². The predicted molar refractivity (Wildman–Crippen MR) is 174 cm³/mol. The molecule has 2 aliphatic rings. The molecule has 0 aromatic carbocycles. The van der Waals surface area contributed by atoms with E-state index >= 15 is 0 Å². The van der Waals surface area contributed by atoms with Crippen LogP contribution in [0.5, 0.6) is 0 Å². The summed E-state index contributed by atoms with van der Waals surface area (Å²) in [6.07, 6.45) is -0.329. The van der Waals surface area contributed by atoms with E-state index in [4.69, 9.17) is 34.9 Å². The Balaban J connectivity index is 1.49. The van der Waals surface area contributed by atoms with E-state index < -0.39 is 89.6 Å². The fourth-order valence-corrected chi connectivity index (χ4v) is 9.48. The van der Waals surface area contributed by atoms with Crippen molar-refractivity contribution in [3.05, 3.63) is 17.5 Å². The molecule has 16 nitrogen and oxygen atoms in total. The number of fused-ring (bicyclic) bond motifs is 1. The first-order valence-electron chi connectivity index (χ1n) is 15.4. The molecule has 0 amide bonds. The molecule has 19 heteroatoms.